The van der Waals surface area contributed by atoms with Crippen LogP contribution in [-0.4, -0.2) is 56.0 Å². The summed E-state index contributed by atoms with van der Waals surface area (Å²) >= 11 is 0. The Morgan fingerprint density at radius 2 is 1.79 bits per heavy atom. The second kappa shape index (κ2) is 8.45. The normalized spacial score (nSPS) is 15.2. The van der Waals surface area contributed by atoms with Crippen LogP contribution in [0.3, 0.4) is 0 Å². The minimum atomic E-state index is -3.85. The first-order valence-corrected chi connectivity index (χ1v) is 11.8. The molecule has 0 saturated carbocycles. The highest BCUT2D eigenvalue weighted by atomic mass is 32.2. The maximum absolute atomic E-state index is 13.6. The fourth-order valence-corrected chi connectivity index (χ4v) is 5.51. The first kappa shape index (κ1) is 21.4. The van der Waals surface area contributed by atoms with Crippen LogP contribution in [0.15, 0.2) is 70.2 Å². The molecule has 33 heavy (non-hydrogen) atoms. The van der Waals surface area contributed by atoms with Gasteiger partial charge in [-0.25, -0.2) is 22.8 Å². The molecule has 2 aromatic heterocycles. The van der Waals surface area contributed by atoms with Gasteiger partial charge in [0.05, 0.1) is 18.9 Å². The highest BCUT2D eigenvalue weighted by molar-refractivity contribution is 7.89. The van der Waals surface area contributed by atoms with Crippen LogP contribution in [-0.2, 0) is 10.0 Å². The lowest BCUT2D eigenvalue weighted by Crippen LogP contribution is -2.49. The van der Waals surface area contributed by atoms with Crippen molar-refractivity contribution in [2.24, 2.45) is 0 Å². The molecule has 0 radical (unpaired) electrons. The molecule has 10 heteroatoms. The third kappa shape index (κ3) is 3.91. The summed E-state index contributed by atoms with van der Waals surface area (Å²) in [6.45, 7) is 1.36. The number of piperazine rings is 1. The molecule has 0 atom stereocenters. The van der Waals surface area contributed by atoms with E-state index in [0.29, 0.717) is 24.7 Å². The Hall–Kier alpha value is -3.50. The SMILES string of the molecule is COc1cc(F)ccc1S(=O)(=O)N1CCN(c2nc(-c3ccco3)nc3ccccc23)CC1. The quantitative estimate of drug-likeness (QED) is 0.443. The average Bonchev–Trinajstić information content (AvgIpc) is 3.38. The fraction of sp³-hybridized carbons (Fsp3) is 0.217. The fourth-order valence-electron chi connectivity index (χ4n) is 3.95. The number of rotatable bonds is 5. The molecule has 0 unspecified atom stereocenters. The Bertz CT molecular complexity index is 1400. The molecule has 5 rings (SSSR count). The van der Waals surface area contributed by atoms with Gasteiger partial charge in [0.25, 0.3) is 0 Å². The van der Waals surface area contributed by atoms with E-state index in [9.17, 15) is 12.8 Å². The molecule has 8 nitrogen and oxygen atoms in total. The predicted molar refractivity (Wildman–Crippen MR) is 121 cm³/mol. The summed E-state index contributed by atoms with van der Waals surface area (Å²) in [5, 5.41) is 0.879. The molecule has 1 fully saturated rings. The van der Waals surface area contributed by atoms with Crippen molar-refractivity contribution in [1.29, 1.82) is 0 Å². The number of benzene rings is 2. The standard InChI is InChI=1S/C23H21FN4O4S/c1-31-20-15-16(24)8-9-21(20)33(29,30)28-12-10-27(11-13-28)23-17-5-2-3-6-18(17)25-22(26-23)19-7-4-14-32-19/h2-9,14-15H,10-13H2,1H3. The van der Waals surface area contributed by atoms with Crippen LogP contribution in [0.1, 0.15) is 0 Å². The third-order valence-corrected chi connectivity index (χ3v) is 7.54. The number of hydrogen-bond acceptors (Lipinski definition) is 7. The number of halogens is 1. The number of furan rings is 1. The Kier molecular flexibility index (Phi) is 5.47. The molecule has 1 aliphatic rings. The van der Waals surface area contributed by atoms with Crippen molar-refractivity contribution in [2.75, 3.05) is 38.2 Å². The lowest BCUT2D eigenvalue weighted by atomic mass is 10.2. The summed E-state index contributed by atoms with van der Waals surface area (Å²) in [5.41, 5.74) is 0.778. The first-order valence-electron chi connectivity index (χ1n) is 10.4. The largest absolute Gasteiger partial charge is 0.495 e. The molecule has 170 valence electrons. The van der Waals surface area contributed by atoms with Gasteiger partial charge in [-0.05, 0) is 36.4 Å². The number of sulfonamides is 1. The first-order chi connectivity index (χ1) is 16.0. The zero-order chi connectivity index (χ0) is 23.0. The van der Waals surface area contributed by atoms with Gasteiger partial charge in [-0.3, -0.25) is 0 Å². The van der Waals surface area contributed by atoms with E-state index < -0.39 is 15.8 Å². The van der Waals surface area contributed by atoms with Crippen LogP contribution in [0, 0.1) is 5.82 Å². The molecule has 4 aromatic rings. The van der Waals surface area contributed by atoms with Crippen LogP contribution < -0.4 is 9.64 Å². The van der Waals surface area contributed by atoms with Crippen LogP contribution in [0.4, 0.5) is 10.2 Å². The molecule has 0 N–H and O–H groups in total. The number of aromatic nitrogens is 2. The van der Waals surface area contributed by atoms with Gasteiger partial charge in [0.15, 0.2) is 11.6 Å². The van der Waals surface area contributed by atoms with Crippen LogP contribution in [0.5, 0.6) is 5.75 Å². The topological polar surface area (TPSA) is 88.8 Å². The van der Waals surface area contributed by atoms with Crippen molar-refractivity contribution < 1.29 is 22.0 Å². The van der Waals surface area contributed by atoms with E-state index >= 15 is 0 Å². The van der Waals surface area contributed by atoms with E-state index in [1.165, 1.54) is 17.5 Å². The predicted octanol–water partition coefficient (Wildman–Crippen LogP) is 3.55. The van der Waals surface area contributed by atoms with Gasteiger partial charge < -0.3 is 14.1 Å². The summed E-state index contributed by atoms with van der Waals surface area (Å²) in [4.78, 5) is 11.3. The lowest BCUT2D eigenvalue weighted by molar-refractivity contribution is 0.372. The number of fused-ring (bicyclic) bond motifs is 1. The summed E-state index contributed by atoms with van der Waals surface area (Å²) in [6.07, 6.45) is 1.57. The van der Waals surface area contributed by atoms with Crippen LogP contribution in [0.25, 0.3) is 22.5 Å². The second-order valence-electron chi connectivity index (χ2n) is 7.55. The van der Waals surface area contributed by atoms with Crippen LogP contribution in [0.2, 0.25) is 0 Å². The van der Waals surface area contributed by atoms with Gasteiger partial charge >= 0.3 is 0 Å². The van der Waals surface area contributed by atoms with Gasteiger partial charge in [-0.15, -0.1) is 0 Å². The highest BCUT2D eigenvalue weighted by Gasteiger charge is 2.32. The Morgan fingerprint density at radius 1 is 1.00 bits per heavy atom. The zero-order valence-electron chi connectivity index (χ0n) is 17.8. The molecule has 3 heterocycles. The molecule has 0 bridgehead atoms. The number of nitrogens with zero attached hydrogens (tertiary/aromatic N) is 4. The van der Waals surface area contributed by atoms with Crippen molar-refractivity contribution >= 4 is 26.7 Å². The summed E-state index contributed by atoms with van der Waals surface area (Å²) in [6, 6.07) is 14.7. The third-order valence-electron chi connectivity index (χ3n) is 5.61. The molecule has 0 aliphatic carbocycles. The number of methoxy groups -OCH3 is 1. The average molecular weight is 469 g/mol. The molecule has 0 spiro atoms. The lowest BCUT2D eigenvalue weighted by Gasteiger charge is -2.35. The summed E-state index contributed by atoms with van der Waals surface area (Å²) < 4.78 is 51.9. The number of ether oxygens (including phenoxy) is 1. The number of anilines is 1. The monoisotopic (exact) mass is 468 g/mol. The van der Waals surface area contributed by atoms with Crippen LogP contribution >= 0.6 is 0 Å². The second-order valence-corrected chi connectivity index (χ2v) is 9.46. The van der Waals surface area contributed by atoms with E-state index in [1.807, 2.05) is 29.2 Å². The molecule has 2 aromatic carbocycles. The smallest absolute Gasteiger partial charge is 0.246 e. The summed E-state index contributed by atoms with van der Waals surface area (Å²) in [7, 11) is -2.52. The number of para-hydroxylation sites is 1. The molecule has 0 amide bonds. The van der Waals surface area contributed by atoms with Crippen molar-refractivity contribution in [3.05, 3.63) is 66.7 Å². The molecule has 1 saturated heterocycles. The van der Waals surface area contributed by atoms with E-state index in [2.05, 4.69) is 4.98 Å². The van der Waals surface area contributed by atoms with Gasteiger partial charge in [0, 0.05) is 37.6 Å². The van der Waals surface area contributed by atoms with Gasteiger partial charge in [0.1, 0.15) is 22.3 Å². The maximum atomic E-state index is 13.6. The Balaban J connectivity index is 1.44. The van der Waals surface area contributed by atoms with Gasteiger partial charge in [0.2, 0.25) is 10.0 Å². The van der Waals surface area contributed by atoms with Crippen molar-refractivity contribution in [1.82, 2.24) is 14.3 Å². The van der Waals surface area contributed by atoms with E-state index in [4.69, 9.17) is 14.1 Å². The Morgan fingerprint density at radius 3 is 2.52 bits per heavy atom. The van der Waals surface area contributed by atoms with Crippen molar-refractivity contribution in [3.63, 3.8) is 0 Å². The minimum absolute atomic E-state index is 0.0117. The van der Waals surface area contributed by atoms with E-state index in [-0.39, 0.29) is 23.7 Å². The Labute approximate surface area is 190 Å². The van der Waals surface area contributed by atoms with E-state index in [1.54, 1.807) is 18.4 Å². The highest BCUT2D eigenvalue weighted by Crippen LogP contribution is 2.31. The molecule has 1 aliphatic heterocycles. The zero-order valence-corrected chi connectivity index (χ0v) is 18.6. The van der Waals surface area contributed by atoms with Crippen molar-refractivity contribution in [3.8, 4) is 17.3 Å². The molecular weight excluding hydrogens is 447 g/mol. The molecular formula is C23H21FN4O4S. The summed E-state index contributed by atoms with van der Waals surface area (Å²) in [5.74, 6) is 1.19. The van der Waals surface area contributed by atoms with Gasteiger partial charge in [-0.2, -0.15) is 4.31 Å². The number of hydrogen-bond donors (Lipinski definition) is 0. The maximum Gasteiger partial charge on any atom is 0.246 e. The minimum Gasteiger partial charge on any atom is -0.495 e. The van der Waals surface area contributed by atoms with Crippen molar-refractivity contribution in [2.45, 2.75) is 4.90 Å². The van der Waals surface area contributed by atoms with Gasteiger partial charge in [-0.1, -0.05) is 12.1 Å². The van der Waals surface area contributed by atoms with E-state index in [0.717, 1.165) is 28.9 Å².